The van der Waals surface area contributed by atoms with Gasteiger partial charge in [0.2, 0.25) is 0 Å². The van der Waals surface area contributed by atoms with Crippen LogP contribution in [0.4, 0.5) is 0 Å². The zero-order valence-corrected chi connectivity index (χ0v) is 19.7. The van der Waals surface area contributed by atoms with Crippen molar-refractivity contribution in [2.45, 2.75) is 89.1 Å². The topological polar surface area (TPSA) is 24.9 Å². The molecule has 0 bridgehead atoms. The van der Waals surface area contributed by atoms with Crippen molar-refractivity contribution in [2.75, 3.05) is 27.3 Å². The molecule has 4 saturated carbocycles. The van der Waals surface area contributed by atoms with Crippen molar-refractivity contribution in [3.8, 4) is 0 Å². The lowest BCUT2D eigenvalue weighted by molar-refractivity contribution is -0.0362. The molecule has 8 unspecified atom stereocenters. The van der Waals surface area contributed by atoms with Gasteiger partial charge in [0.25, 0.3) is 0 Å². The number of rotatable bonds is 4. The molecule has 2 heterocycles. The Kier molecular flexibility index (Phi) is 5.15. The van der Waals surface area contributed by atoms with Crippen molar-refractivity contribution in [2.24, 2.45) is 35.5 Å². The van der Waals surface area contributed by atoms with Crippen LogP contribution in [0.5, 0.6) is 0 Å². The molecule has 2 aliphatic heterocycles. The fourth-order valence-corrected chi connectivity index (χ4v) is 13.3. The summed E-state index contributed by atoms with van der Waals surface area (Å²) in [5, 5.41) is 0. The van der Waals surface area contributed by atoms with E-state index in [0.29, 0.717) is 0 Å². The van der Waals surface area contributed by atoms with Crippen LogP contribution in [0.3, 0.4) is 0 Å². The highest BCUT2D eigenvalue weighted by atomic mass is 28.4. The van der Waals surface area contributed by atoms with Gasteiger partial charge in [0.05, 0.1) is 0 Å². The van der Waals surface area contributed by atoms with E-state index in [1.807, 2.05) is 14.2 Å². The minimum atomic E-state index is -2.55. The van der Waals surface area contributed by atoms with Crippen LogP contribution in [-0.4, -0.2) is 57.4 Å². The van der Waals surface area contributed by atoms with Crippen molar-refractivity contribution in [1.82, 2.24) is 9.13 Å². The van der Waals surface area contributed by atoms with Crippen LogP contribution in [0.1, 0.15) is 77.0 Å². The second kappa shape index (κ2) is 7.58. The molecule has 6 fully saturated rings. The molecule has 8 atom stereocenters. The molecule has 0 aromatic heterocycles. The van der Waals surface area contributed by atoms with Gasteiger partial charge in [-0.2, -0.15) is 0 Å². The highest BCUT2D eigenvalue weighted by Gasteiger charge is 2.63. The predicted molar refractivity (Wildman–Crippen MR) is 117 cm³/mol. The van der Waals surface area contributed by atoms with Gasteiger partial charge in [-0.25, -0.2) is 0 Å². The van der Waals surface area contributed by atoms with Gasteiger partial charge in [-0.1, -0.05) is 25.7 Å². The van der Waals surface area contributed by atoms with E-state index in [0.717, 1.165) is 47.6 Å². The number of hydrogen-bond donors (Lipinski definition) is 0. The Morgan fingerprint density at radius 3 is 1.38 bits per heavy atom. The minimum absolute atomic E-state index is 0.724. The second-order valence-corrected chi connectivity index (χ2v) is 14.3. The monoisotopic (exact) mass is 418 g/mol. The third kappa shape index (κ3) is 2.83. The van der Waals surface area contributed by atoms with Gasteiger partial charge in [-0.3, -0.25) is 9.13 Å². The van der Waals surface area contributed by atoms with E-state index in [-0.39, 0.29) is 0 Å². The standard InChI is InChI=1S/C24H42N2O2Si/c1-27-29(28-2,25-15-13-19-11-9-17-5-3-7-21(25)23(17)19)26-16-14-20-12-10-18-6-4-8-22(26)24(18)20/h17-24H,3-16H2,1-2H3. The van der Waals surface area contributed by atoms with Crippen LogP contribution < -0.4 is 0 Å². The molecule has 6 aliphatic rings. The Hall–Kier alpha value is 0.0569. The molecule has 0 aromatic carbocycles. The molecule has 6 rings (SSSR count). The second-order valence-electron chi connectivity index (χ2n) is 11.3. The van der Waals surface area contributed by atoms with E-state index in [9.17, 15) is 0 Å². The summed E-state index contributed by atoms with van der Waals surface area (Å²) in [7, 11) is 1.41. The van der Waals surface area contributed by atoms with E-state index < -0.39 is 8.88 Å². The van der Waals surface area contributed by atoms with Crippen LogP contribution >= 0.6 is 0 Å². The quantitative estimate of drug-likeness (QED) is 0.627. The smallest absolute Gasteiger partial charge is 0.374 e. The van der Waals surface area contributed by atoms with Crippen LogP contribution in [0.25, 0.3) is 0 Å². The molecule has 5 heteroatoms. The van der Waals surface area contributed by atoms with Crippen molar-refractivity contribution in [3.63, 3.8) is 0 Å². The van der Waals surface area contributed by atoms with Gasteiger partial charge < -0.3 is 8.85 Å². The fraction of sp³-hybridized carbons (Fsp3) is 1.00. The Labute approximate surface area is 179 Å². The molecular weight excluding hydrogens is 376 g/mol. The average Bonchev–Trinajstić information content (AvgIpc) is 3.39. The summed E-state index contributed by atoms with van der Waals surface area (Å²) in [6.07, 6.45) is 17.3. The van der Waals surface area contributed by atoms with Crippen LogP contribution in [0.2, 0.25) is 0 Å². The lowest BCUT2D eigenvalue weighted by Crippen LogP contribution is -2.77. The third-order valence-electron chi connectivity index (χ3n) is 10.6. The van der Waals surface area contributed by atoms with E-state index in [1.54, 1.807) is 0 Å². The van der Waals surface area contributed by atoms with Gasteiger partial charge in [-0.05, 0) is 100.0 Å². The molecule has 4 aliphatic carbocycles. The van der Waals surface area contributed by atoms with Crippen LogP contribution in [-0.2, 0) is 8.85 Å². The summed E-state index contributed by atoms with van der Waals surface area (Å²) < 4.78 is 19.0. The van der Waals surface area contributed by atoms with Crippen LogP contribution in [0.15, 0.2) is 0 Å². The van der Waals surface area contributed by atoms with Gasteiger partial charge in [-0.15, -0.1) is 0 Å². The average molecular weight is 419 g/mol. The molecule has 0 aromatic rings. The largest absolute Gasteiger partial charge is 0.522 e. The van der Waals surface area contributed by atoms with E-state index >= 15 is 0 Å². The first-order valence-electron chi connectivity index (χ1n) is 12.9. The molecule has 0 N–H and O–H groups in total. The SMILES string of the molecule is CO[Si](OC)(N1CCC2CCC3CCCC1C32)N1CCC2CCC3CCCC1C32. The predicted octanol–water partition coefficient (Wildman–Crippen LogP) is 4.52. The molecule has 0 spiro atoms. The summed E-state index contributed by atoms with van der Waals surface area (Å²) in [6, 6.07) is 1.45. The first-order chi connectivity index (χ1) is 14.3. The number of nitrogens with zero attached hydrogens (tertiary/aromatic N) is 2. The molecule has 2 saturated heterocycles. The molecule has 0 radical (unpaired) electrons. The summed E-state index contributed by atoms with van der Waals surface area (Å²) >= 11 is 0. The lowest BCUT2D eigenvalue weighted by atomic mass is 9.72. The van der Waals surface area contributed by atoms with Crippen molar-refractivity contribution in [1.29, 1.82) is 0 Å². The Balaban J connectivity index is 1.34. The highest BCUT2D eigenvalue weighted by molar-refractivity contribution is 6.61. The van der Waals surface area contributed by atoms with Crippen molar-refractivity contribution < 1.29 is 8.85 Å². The maximum absolute atomic E-state index is 6.61. The van der Waals surface area contributed by atoms with E-state index in [1.165, 1.54) is 90.1 Å². The lowest BCUT2D eigenvalue weighted by Gasteiger charge is -2.58. The highest BCUT2D eigenvalue weighted by Crippen LogP contribution is 2.55. The molecule has 0 amide bonds. The van der Waals surface area contributed by atoms with Crippen LogP contribution in [0, 0.1) is 35.5 Å². The molecule has 164 valence electrons. The molecular formula is C24H42N2O2Si. The summed E-state index contributed by atoms with van der Waals surface area (Å²) in [4.78, 5) is 0. The van der Waals surface area contributed by atoms with Gasteiger partial charge >= 0.3 is 8.88 Å². The zero-order valence-electron chi connectivity index (χ0n) is 18.7. The third-order valence-corrected chi connectivity index (χ3v) is 14.2. The summed E-state index contributed by atoms with van der Waals surface area (Å²) in [5.41, 5.74) is 0. The Bertz CT molecular complexity index is 554. The molecule has 29 heavy (non-hydrogen) atoms. The maximum atomic E-state index is 6.61. The van der Waals surface area contributed by atoms with Gasteiger partial charge in [0.15, 0.2) is 0 Å². The number of hydrogen-bond acceptors (Lipinski definition) is 4. The van der Waals surface area contributed by atoms with E-state index in [4.69, 9.17) is 8.85 Å². The Morgan fingerprint density at radius 2 is 0.966 bits per heavy atom. The zero-order chi connectivity index (χ0) is 19.6. The normalized spacial score (nSPS) is 47.8. The van der Waals surface area contributed by atoms with Gasteiger partial charge in [0.1, 0.15) is 0 Å². The molecule has 4 nitrogen and oxygen atoms in total. The first kappa shape index (κ1) is 19.7. The maximum Gasteiger partial charge on any atom is 0.522 e. The fourth-order valence-electron chi connectivity index (χ4n) is 9.65. The first-order valence-corrected chi connectivity index (χ1v) is 14.6. The van der Waals surface area contributed by atoms with E-state index in [2.05, 4.69) is 9.13 Å². The summed E-state index contributed by atoms with van der Waals surface area (Å²) in [6.45, 7) is 2.43. The van der Waals surface area contributed by atoms with Gasteiger partial charge in [0, 0.05) is 26.3 Å². The van der Waals surface area contributed by atoms with Crippen molar-refractivity contribution >= 4 is 8.88 Å². The number of piperidine rings is 2. The Morgan fingerprint density at radius 1 is 0.552 bits per heavy atom. The minimum Gasteiger partial charge on any atom is -0.374 e. The van der Waals surface area contributed by atoms with Crippen molar-refractivity contribution in [3.05, 3.63) is 0 Å². The summed E-state index contributed by atoms with van der Waals surface area (Å²) in [5.74, 6) is 5.81.